The summed E-state index contributed by atoms with van der Waals surface area (Å²) in [4.78, 5) is 16.0. The predicted octanol–water partition coefficient (Wildman–Crippen LogP) is 2.52. The number of nitrogens with one attached hydrogen (secondary N) is 1. The third-order valence-corrected chi connectivity index (χ3v) is 3.31. The lowest BCUT2D eigenvalue weighted by Crippen LogP contribution is -2.50. The van der Waals surface area contributed by atoms with Crippen LogP contribution in [0.5, 0.6) is 0 Å². The zero-order valence-electron chi connectivity index (χ0n) is 11.5. The highest BCUT2D eigenvalue weighted by Gasteiger charge is 2.20. The Labute approximate surface area is 117 Å². The van der Waals surface area contributed by atoms with Crippen LogP contribution in [-0.4, -0.2) is 48.6 Å². The number of hydrogen-bond acceptors (Lipinski definition) is 2. The van der Waals surface area contributed by atoms with Gasteiger partial charge in [-0.3, -0.25) is 4.90 Å². The normalized spacial score (nSPS) is 16.2. The van der Waals surface area contributed by atoms with Crippen LogP contribution in [0.1, 0.15) is 13.3 Å². The molecule has 1 aliphatic heterocycles. The zero-order chi connectivity index (χ0) is 14.5. The largest absolute Gasteiger partial charge is 0.322 e. The van der Waals surface area contributed by atoms with Crippen LogP contribution in [0.4, 0.5) is 19.3 Å². The average Bonchev–Trinajstić information content (AvgIpc) is 2.38. The molecule has 2 amide bonds. The van der Waals surface area contributed by atoms with Gasteiger partial charge in [-0.2, -0.15) is 0 Å². The van der Waals surface area contributed by atoms with Crippen LogP contribution >= 0.6 is 0 Å². The third kappa shape index (κ3) is 3.90. The lowest BCUT2D eigenvalue weighted by Gasteiger charge is -2.34. The predicted molar refractivity (Wildman–Crippen MR) is 73.7 cm³/mol. The van der Waals surface area contributed by atoms with E-state index in [4.69, 9.17) is 0 Å². The number of piperazine rings is 1. The van der Waals surface area contributed by atoms with Crippen LogP contribution in [0.2, 0.25) is 0 Å². The summed E-state index contributed by atoms with van der Waals surface area (Å²) >= 11 is 0. The minimum atomic E-state index is -0.701. The van der Waals surface area contributed by atoms with Crippen LogP contribution in [0.3, 0.4) is 0 Å². The number of urea groups is 1. The number of amides is 2. The van der Waals surface area contributed by atoms with Gasteiger partial charge in [0.15, 0.2) is 0 Å². The molecule has 0 spiro atoms. The van der Waals surface area contributed by atoms with E-state index < -0.39 is 11.6 Å². The second kappa shape index (κ2) is 6.65. The smallest absolute Gasteiger partial charge is 0.321 e. The molecule has 0 radical (unpaired) electrons. The van der Waals surface area contributed by atoms with Gasteiger partial charge in [0.2, 0.25) is 0 Å². The molecule has 110 valence electrons. The van der Waals surface area contributed by atoms with Gasteiger partial charge in [-0.15, -0.1) is 0 Å². The molecular formula is C14H19F2N3O. The standard InChI is InChI=1S/C14H19F2N3O/c1-2-3-18-4-6-19(7-5-18)14(20)17-13-9-11(15)8-12(16)10-13/h8-10H,2-7H2,1H3,(H,17,20). The van der Waals surface area contributed by atoms with E-state index in [0.29, 0.717) is 13.1 Å². The quantitative estimate of drug-likeness (QED) is 0.925. The Balaban J connectivity index is 1.89. The Morgan fingerprint density at radius 1 is 1.15 bits per heavy atom. The van der Waals surface area contributed by atoms with Gasteiger partial charge in [-0.05, 0) is 25.1 Å². The van der Waals surface area contributed by atoms with Gasteiger partial charge in [0.25, 0.3) is 0 Å². The minimum absolute atomic E-state index is 0.142. The molecule has 0 atom stereocenters. The Kier molecular flexibility index (Phi) is 4.89. The molecule has 1 aromatic rings. The van der Waals surface area contributed by atoms with E-state index in [-0.39, 0.29) is 11.7 Å². The molecule has 1 heterocycles. The number of carbonyl (C=O) groups is 1. The van der Waals surface area contributed by atoms with Crippen molar-refractivity contribution in [3.05, 3.63) is 29.8 Å². The fraction of sp³-hybridized carbons (Fsp3) is 0.500. The summed E-state index contributed by atoms with van der Waals surface area (Å²) in [5, 5.41) is 2.53. The summed E-state index contributed by atoms with van der Waals surface area (Å²) in [7, 11) is 0. The lowest BCUT2D eigenvalue weighted by atomic mass is 10.3. The Bertz CT molecular complexity index is 453. The van der Waals surface area contributed by atoms with Crippen molar-refractivity contribution in [3.8, 4) is 0 Å². The summed E-state index contributed by atoms with van der Waals surface area (Å²) in [5.41, 5.74) is 0.142. The Morgan fingerprint density at radius 3 is 2.30 bits per heavy atom. The first-order chi connectivity index (χ1) is 9.58. The van der Waals surface area contributed by atoms with Gasteiger partial charge in [0.05, 0.1) is 0 Å². The van der Waals surface area contributed by atoms with Crippen LogP contribution in [-0.2, 0) is 0 Å². The number of nitrogens with zero attached hydrogens (tertiary/aromatic N) is 2. The monoisotopic (exact) mass is 283 g/mol. The van der Waals surface area contributed by atoms with E-state index >= 15 is 0 Å². The summed E-state index contributed by atoms with van der Waals surface area (Å²) in [6, 6.07) is 2.67. The van der Waals surface area contributed by atoms with E-state index in [0.717, 1.165) is 44.3 Å². The molecule has 0 bridgehead atoms. The van der Waals surface area contributed by atoms with Crippen molar-refractivity contribution < 1.29 is 13.6 Å². The first-order valence-electron chi connectivity index (χ1n) is 6.83. The number of hydrogen-bond donors (Lipinski definition) is 1. The number of carbonyl (C=O) groups excluding carboxylic acids is 1. The molecule has 0 saturated carbocycles. The molecule has 1 aromatic carbocycles. The maximum absolute atomic E-state index is 13.0. The second-order valence-electron chi connectivity index (χ2n) is 4.92. The van der Waals surface area contributed by atoms with Crippen molar-refractivity contribution in [2.24, 2.45) is 0 Å². The van der Waals surface area contributed by atoms with Gasteiger partial charge in [-0.25, -0.2) is 13.6 Å². The van der Waals surface area contributed by atoms with Crippen LogP contribution < -0.4 is 5.32 Å². The number of anilines is 1. The second-order valence-corrected chi connectivity index (χ2v) is 4.92. The van der Waals surface area contributed by atoms with Crippen molar-refractivity contribution in [2.45, 2.75) is 13.3 Å². The van der Waals surface area contributed by atoms with Gasteiger partial charge in [0, 0.05) is 37.9 Å². The highest BCUT2D eigenvalue weighted by atomic mass is 19.1. The van der Waals surface area contributed by atoms with Crippen molar-refractivity contribution in [1.82, 2.24) is 9.80 Å². The van der Waals surface area contributed by atoms with Crippen molar-refractivity contribution >= 4 is 11.7 Å². The van der Waals surface area contributed by atoms with Crippen molar-refractivity contribution in [3.63, 3.8) is 0 Å². The molecule has 2 rings (SSSR count). The third-order valence-electron chi connectivity index (χ3n) is 3.31. The van der Waals surface area contributed by atoms with Crippen LogP contribution in [0, 0.1) is 11.6 Å². The van der Waals surface area contributed by atoms with Crippen molar-refractivity contribution in [2.75, 3.05) is 38.0 Å². The van der Waals surface area contributed by atoms with Crippen LogP contribution in [0.25, 0.3) is 0 Å². The van der Waals surface area contributed by atoms with Gasteiger partial charge in [-0.1, -0.05) is 6.92 Å². The number of halogens is 2. The molecule has 20 heavy (non-hydrogen) atoms. The fourth-order valence-corrected chi connectivity index (χ4v) is 2.32. The maximum Gasteiger partial charge on any atom is 0.321 e. The van der Waals surface area contributed by atoms with E-state index in [1.807, 2.05) is 0 Å². The van der Waals surface area contributed by atoms with Crippen molar-refractivity contribution in [1.29, 1.82) is 0 Å². The molecule has 0 aliphatic carbocycles. The molecule has 1 aliphatic rings. The molecule has 4 nitrogen and oxygen atoms in total. The zero-order valence-corrected chi connectivity index (χ0v) is 11.5. The highest BCUT2D eigenvalue weighted by molar-refractivity contribution is 5.89. The van der Waals surface area contributed by atoms with Gasteiger partial charge in [0.1, 0.15) is 11.6 Å². The Hall–Kier alpha value is -1.69. The van der Waals surface area contributed by atoms with Gasteiger partial charge < -0.3 is 10.2 Å². The molecule has 1 fully saturated rings. The molecule has 0 unspecified atom stereocenters. The summed E-state index contributed by atoms with van der Waals surface area (Å²) in [6.45, 7) is 6.08. The lowest BCUT2D eigenvalue weighted by molar-refractivity contribution is 0.147. The summed E-state index contributed by atoms with van der Waals surface area (Å²) in [5.74, 6) is -1.40. The molecular weight excluding hydrogens is 264 g/mol. The molecule has 0 aromatic heterocycles. The highest BCUT2D eigenvalue weighted by Crippen LogP contribution is 2.14. The minimum Gasteiger partial charge on any atom is -0.322 e. The van der Waals surface area contributed by atoms with E-state index in [1.165, 1.54) is 0 Å². The molecule has 1 N–H and O–H groups in total. The van der Waals surface area contributed by atoms with E-state index in [1.54, 1.807) is 4.90 Å². The topological polar surface area (TPSA) is 35.6 Å². The number of rotatable bonds is 3. The van der Waals surface area contributed by atoms with E-state index in [2.05, 4.69) is 17.1 Å². The maximum atomic E-state index is 13.0. The Morgan fingerprint density at radius 2 is 1.75 bits per heavy atom. The van der Waals surface area contributed by atoms with E-state index in [9.17, 15) is 13.6 Å². The fourth-order valence-electron chi connectivity index (χ4n) is 2.32. The molecule has 1 saturated heterocycles. The number of benzene rings is 1. The first-order valence-corrected chi connectivity index (χ1v) is 6.83. The van der Waals surface area contributed by atoms with Crippen LogP contribution in [0.15, 0.2) is 18.2 Å². The average molecular weight is 283 g/mol. The summed E-state index contributed by atoms with van der Waals surface area (Å²) in [6.07, 6.45) is 1.09. The first kappa shape index (κ1) is 14.7. The van der Waals surface area contributed by atoms with Gasteiger partial charge >= 0.3 is 6.03 Å². The summed E-state index contributed by atoms with van der Waals surface area (Å²) < 4.78 is 26.1. The SMILES string of the molecule is CCCN1CCN(C(=O)Nc2cc(F)cc(F)c2)CC1. The molecule has 6 heteroatoms.